The van der Waals surface area contributed by atoms with Crippen molar-refractivity contribution in [2.45, 2.75) is 49.1 Å². The average Bonchev–Trinajstić information content (AvgIpc) is 3.05. The van der Waals surface area contributed by atoms with E-state index in [0.29, 0.717) is 12.8 Å². The second-order valence-electron chi connectivity index (χ2n) is 5.33. The summed E-state index contributed by atoms with van der Waals surface area (Å²) in [5.41, 5.74) is -0.790. The maximum absolute atomic E-state index is 12.3. The lowest BCUT2D eigenvalue weighted by Crippen LogP contribution is -2.48. The summed E-state index contributed by atoms with van der Waals surface area (Å²) >= 11 is 0. The molecule has 8 nitrogen and oxygen atoms in total. The zero-order chi connectivity index (χ0) is 15.5. The molecular formula is C12H19N3O5S. The summed E-state index contributed by atoms with van der Waals surface area (Å²) < 4.78 is 28.5. The molecule has 0 unspecified atom stereocenters. The minimum Gasteiger partial charge on any atom is -0.481 e. The molecule has 1 aromatic heterocycles. The Kier molecular flexibility index (Phi) is 4.64. The van der Waals surface area contributed by atoms with Crippen molar-refractivity contribution in [1.82, 2.24) is 14.5 Å². The maximum Gasteiger partial charge on any atom is 0.305 e. The molecule has 0 spiro atoms. The molecule has 0 amide bonds. The number of hydrogen-bond donors (Lipinski definition) is 3. The number of nitrogens with zero attached hydrogens (tertiary/aromatic N) is 2. The molecule has 0 saturated heterocycles. The third-order valence-electron chi connectivity index (χ3n) is 3.69. The van der Waals surface area contributed by atoms with Crippen LogP contribution in [0.25, 0.3) is 0 Å². The first-order chi connectivity index (χ1) is 9.87. The van der Waals surface area contributed by atoms with Crippen molar-refractivity contribution in [1.29, 1.82) is 0 Å². The van der Waals surface area contributed by atoms with Crippen LogP contribution in [0.1, 0.15) is 32.1 Å². The summed E-state index contributed by atoms with van der Waals surface area (Å²) in [7, 11) is -3.77. The van der Waals surface area contributed by atoms with E-state index in [0.717, 1.165) is 12.8 Å². The number of aliphatic hydroxyl groups excluding tert-OH is 1. The molecule has 3 N–H and O–H groups in total. The summed E-state index contributed by atoms with van der Waals surface area (Å²) in [6.07, 6.45) is 5.32. The molecule has 1 saturated carbocycles. The Balaban J connectivity index is 2.10. The number of carboxylic acids is 1. The van der Waals surface area contributed by atoms with Gasteiger partial charge in [-0.1, -0.05) is 12.8 Å². The zero-order valence-electron chi connectivity index (χ0n) is 11.5. The number of aromatic nitrogens is 2. The van der Waals surface area contributed by atoms with Gasteiger partial charge in [-0.05, 0) is 12.8 Å². The second-order valence-corrected chi connectivity index (χ2v) is 7.02. The lowest BCUT2D eigenvalue weighted by molar-refractivity contribution is -0.137. The Morgan fingerprint density at radius 1 is 1.43 bits per heavy atom. The first-order valence-electron chi connectivity index (χ1n) is 6.76. The van der Waals surface area contributed by atoms with Crippen LogP contribution >= 0.6 is 0 Å². The Morgan fingerprint density at radius 3 is 2.67 bits per heavy atom. The molecule has 2 rings (SSSR count). The van der Waals surface area contributed by atoms with Gasteiger partial charge in [0.15, 0.2) is 0 Å². The fraction of sp³-hybridized carbons (Fsp3) is 0.667. The SMILES string of the molecule is O=C(O)CCn1cc(S(=O)(=O)NC2(CO)CCCC2)cn1. The highest BCUT2D eigenvalue weighted by Crippen LogP contribution is 2.30. The van der Waals surface area contributed by atoms with Gasteiger partial charge in [-0.2, -0.15) is 5.10 Å². The number of carbonyl (C=O) groups is 1. The van der Waals surface area contributed by atoms with Crippen molar-refractivity contribution >= 4 is 16.0 Å². The van der Waals surface area contributed by atoms with Gasteiger partial charge in [0.2, 0.25) is 10.0 Å². The van der Waals surface area contributed by atoms with Crippen molar-refractivity contribution in [3.8, 4) is 0 Å². The van der Waals surface area contributed by atoms with Crippen LogP contribution in [0, 0.1) is 0 Å². The molecule has 21 heavy (non-hydrogen) atoms. The molecular weight excluding hydrogens is 298 g/mol. The van der Waals surface area contributed by atoms with Crippen LogP contribution in [0.5, 0.6) is 0 Å². The summed E-state index contributed by atoms with van der Waals surface area (Å²) in [4.78, 5) is 10.5. The molecule has 1 aliphatic carbocycles. The van der Waals surface area contributed by atoms with E-state index in [9.17, 15) is 18.3 Å². The summed E-state index contributed by atoms with van der Waals surface area (Å²) in [5, 5.41) is 21.9. The van der Waals surface area contributed by atoms with E-state index in [1.165, 1.54) is 17.1 Å². The Labute approximate surface area is 122 Å². The first-order valence-corrected chi connectivity index (χ1v) is 8.24. The molecule has 0 atom stereocenters. The zero-order valence-corrected chi connectivity index (χ0v) is 12.3. The highest BCUT2D eigenvalue weighted by Gasteiger charge is 2.37. The first kappa shape index (κ1) is 15.9. The topological polar surface area (TPSA) is 122 Å². The Hall–Kier alpha value is -1.45. The molecule has 0 aliphatic heterocycles. The van der Waals surface area contributed by atoms with Gasteiger partial charge in [0.1, 0.15) is 4.90 Å². The van der Waals surface area contributed by atoms with Gasteiger partial charge < -0.3 is 10.2 Å². The monoisotopic (exact) mass is 317 g/mol. The van der Waals surface area contributed by atoms with Gasteiger partial charge in [-0.25, -0.2) is 13.1 Å². The summed E-state index contributed by atoms with van der Waals surface area (Å²) in [5.74, 6) is -0.974. The van der Waals surface area contributed by atoms with E-state index >= 15 is 0 Å². The van der Waals surface area contributed by atoms with Gasteiger partial charge in [-0.3, -0.25) is 9.48 Å². The van der Waals surface area contributed by atoms with Crippen LogP contribution in [0.4, 0.5) is 0 Å². The molecule has 1 aliphatic rings. The van der Waals surface area contributed by atoms with Crippen LogP contribution in [-0.4, -0.2) is 46.5 Å². The molecule has 118 valence electrons. The summed E-state index contributed by atoms with van der Waals surface area (Å²) in [6.45, 7) is -0.130. The molecule has 9 heteroatoms. The predicted octanol–water partition coefficient (Wildman–Crippen LogP) is -0.0588. The van der Waals surface area contributed by atoms with Gasteiger partial charge in [0.25, 0.3) is 0 Å². The van der Waals surface area contributed by atoms with Crippen LogP contribution < -0.4 is 4.72 Å². The van der Waals surface area contributed by atoms with Crippen molar-refractivity contribution in [2.24, 2.45) is 0 Å². The van der Waals surface area contributed by atoms with E-state index in [1.54, 1.807) is 0 Å². The van der Waals surface area contributed by atoms with Gasteiger partial charge in [0.05, 0.1) is 31.3 Å². The van der Waals surface area contributed by atoms with E-state index in [1.807, 2.05) is 0 Å². The van der Waals surface area contributed by atoms with Gasteiger partial charge in [-0.15, -0.1) is 0 Å². The van der Waals surface area contributed by atoms with E-state index in [4.69, 9.17) is 5.11 Å². The Morgan fingerprint density at radius 2 is 2.10 bits per heavy atom. The van der Waals surface area contributed by atoms with Crippen LogP contribution in [0.15, 0.2) is 17.3 Å². The Bertz CT molecular complexity index is 604. The third-order valence-corrected chi connectivity index (χ3v) is 5.22. The molecule has 1 heterocycles. The highest BCUT2D eigenvalue weighted by molar-refractivity contribution is 7.89. The fourth-order valence-corrected chi connectivity index (χ4v) is 3.91. The van der Waals surface area contributed by atoms with E-state index in [-0.39, 0.29) is 24.5 Å². The number of aryl methyl sites for hydroxylation is 1. The van der Waals surface area contributed by atoms with Crippen molar-refractivity contribution < 1.29 is 23.4 Å². The predicted molar refractivity (Wildman–Crippen MR) is 73.1 cm³/mol. The quantitative estimate of drug-likeness (QED) is 0.648. The number of sulfonamides is 1. The van der Waals surface area contributed by atoms with Gasteiger partial charge >= 0.3 is 5.97 Å². The van der Waals surface area contributed by atoms with E-state index < -0.39 is 21.5 Å². The fourth-order valence-electron chi connectivity index (χ4n) is 2.50. The number of rotatable bonds is 7. The normalized spacial score (nSPS) is 18.0. The number of hydrogen-bond acceptors (Lipinski definition) is 5. The minimum absolute atomic E-state index is 0.0207. The number of nitrogens with one attached hydrogen (secondary N) is 1. The number of aliphatic hydroxyl groups is 1. The van der Waals surface area contributed by atoms with Crippen molar-refractivity contribution in [3.05, 3.63) is 12.4 Å². The average molecular weight is 317 g/mol. The lowest BCUT2D eigenvalue weighted by Gasteiger charge is -2.27. The molecule has 1 fully saturated rings. The van der Waals surface area contributed by atoms with Crippen LogP contribution in [0.2, 0.25) is 0 Å². The number of aliphatic carboxylic acids is 1. The maximum atomic E-state index is 12.3. The van der Waals surface area contributed by atoms with Crippen molar-refractivity contribution in [2.75, 3.05) is 6.61 Å². The lowest BCUT2D eigenvalue weighted by atomic mass is 10.0. The third kappa shape index (κ3) is 3.80. The standard InChI is InChI=1S/C12H19N3O5S/c16-9-12(4-1-2-5-12)14-21(19,20)10-7-13-15(8-10)6-3-11(17)18/h7-8,14,16H,1-6,9H2,(H,17,18). The summed E-state index contributed by atoms with van der Waals surface area (Å²) in [6, 6.07) is 0. The number of carboxylic acid groups (broad SMARTS) is 1. The van der Waals surface area contributed by atoms with Crippen molar-refractivity contribution in [3.63, 3.8) is 0 Å². The molecule has 0 aromatic carbocycles. The second kappa shape index (κ2) is 6.12. The largest absolute Gasteiger partial charge is 0.481 e. The van der Waals surface area contributed by atoms with Crippen LogP contribution in [-0.2, 0) is 21.4 Å². The highest BCUT2D eigenvalue weighted by atomic mass is 32.2. The molecule has 0 radical (unpaired) electrons. The van der Waals surface area contributed by atoms with Crippen LogP contribution in [0.3, 0.4) is 0 Å². The minimum atomic E-state index is -3.77. The smallest absolute Gasteiger partial charge is 0.305 e. The van der Waals surface area contributed by atoms with E-state index in [2.05, 4.69) is 9.82 Å². The molecule has 1 aromatic rings. The van der Waals surface area contributed by atoms with Gasteiger partial charge in [0, 0.05) is 6.20 Å². The molecule has 0 bridgehead atoms.